The topological polar surface area (TPSA) is 66.9 Å². The first-order valence-corrected chi connectivity index (χ1v) is 6.95. The average molecular weight is 356 g/mol. The molecule has 0 radical (unpaired) electrons. The molecule has 7 heteroatoms. The van der Waals surface area contributed by atoms with Crippen LogP contribution in [0.25, 0.3) is 0 Å². The molecule has 0 fully saturated rings. The van der Waals surface area contributed by atoms with Crippen LogP contribution in [-0.2, 0) is 0 Å². The van der Waals surface area contributed by atoms with E-state index in [1.165, 1.54) is 6.07 Å². The minimum Gasteiger partial charge on any atom is -0.373 e. The van der Waals surface area contributed by atoms with Gasteiger partial charge in [-0.05, 0) is 46.6 Å². The molecule has 20 heavy (non-hydrogen) atoms. The lowest BCUT2D eigenvalue weighted by Gasteiger charge is -2.08. The van der Waals surface area contributed by atoms with Gasteiger partial charge in [-0.3, -0.25) is 4.79 Å². The maximum absolute atomic E-state index is 12.2. The fourth-order valence-corrected chi connectivity index (χ4v) is 1.98. The number of aromatic nitrogens is 2. The van der Waals surface area contributed by atoms with E-state index in [1.807, 2.05) is 6.92 Å². The van der Waals surface area contributed by atoms with Crippen LogP contribution >= 0.6 is 27.5 Å². The molecule has 0 aliphatic carbocycles. The molecule has 2 rings (SSSR count). The molecule has 0 saturated heterocycles. The Balaban J connectivity index is 2.23. The molecule has 0 unspecified atom stereocenters. The van der Waals surface area contributed by atoms with Gasteiger partial charge in [0.15, 0.2) is 0 Å². The van der Waals surface area contributed by atoms with E-state index in [2.05, 4.69) is 36.5 Å². The third kappa shape index (κ3) is 3.46. The Hall–Kier alpha value is -1.66. The number of carbonyl (C=O) groups is 1. The van der Waals surface area contributed by atoms with Gasteiger partial charge in [-0.2, -0.15) is 0 Å². The van der Waals surface area contributed by atoms with Crippen molar-refractivity contribution in [1.29, 1.82) is 0 Å². The summed E-state index contributed by atoms with van der Waals surface area (Å²) in [5, 5.41) is 5.82. The third-order valence-corrected chi connectivity index (χ3v) is 3.62. The number of hydrogen-bond acceptors (Lipinski definition) is 4. The second-order valence-corrected chi connectivity index (χ2v) is 5.33. The van der Waals surface area contributed by atoms with Crippen LogP contribution in [0.2, 0.25) is 5.15 Å². The van der Waals surface area contributed by atoms with Crippen molar-refractivity contribution in [2.45, 2.75) is 6.92 Å². The smallest absolute Gasteiger partial charge is 0.257 e. The Bertz CT molecular complexity index is 663. The van der Waals surface area contributed by atoms with Crippen molar-refractivity contribution in [2.75, 3.05) is 17.7 Å². The van der Waals surface area contributed by atoms with Crippen molar-refractivity contribution < 1.29 is 4.79 Å². The van der Waals surface area contributed by atoms with E-state index in [9.17, 15) is 4.79 Å². The van der Waals surface area contributed by atoms with Gasteiger partial charge in [0.1, 0.15) is 16.8 Å². The average Bonchev–Trinajstić information content (AvgIpc) is 2.42. The summed E-state index contributed by atoms with van der Waals surface area (Å²) in [5.41, 5.74) is 1.40. The first kappa shape index (κ1) is 14.7. The fourth-order valence-electron chi connectivity index (χ4n) is 1.55. The van der Waals surface area contributed by atoms with Crippen LogP contribution in [-0.4, -0.2) is 22.9 Å². The Morgan fingerprint density at radius 2 is 2.05 bits per heavy atom. The molecule has 0 aliphatic heterocycles. The highest BCUT2D eigenvalue weighted by atomic mass is 79.9. The predicted molar refractivity (Wildman–Crippen MR) is 83.4 cm³/mol. The summed E-state index contributed by atoms with van der Waals surface area (Å²) < 4.78 is 0.889. The summed E-state index contributed by atoms with van der Waals surface area (Å²) in [6.07, 6.45) is 1.64. The van der Waals surface area contributed by atoms with Gasteiger partial charge >= 0.3 is 0 Å². The van der Waals surface area contributed by atoms with Crippen LogP contribution in [0.1, 0.15) is 15.9 Å². The Kier molecular flexibility index (Phi) is 4.57. The van der Waals surface area contributed by atoms with Crippen molar-refractivity contribution in [3.63, 3.8) is 0 Å². The lowest BCUT2D eigenvalue weighted by Crippen LogP contribution is -2.13. The van der Waals surface area contributed by atoms with Gasteiger partial charge in [-0.15, -0.1) is 0 Å². The molecule has 1 amide bonds. The van der Waals surface area contributed by atoms with Gasteiger partial charge in [0, 0.05) is 23.3 Å². The number of rotatable bonds is 3. The number of amides is 1. The lowest BCUT2D eigenvalue weighted by atomic mass is 10.2. The Morgan fingerprint density at radius 1 is 1.30 bits per heavy atom. The zero-order valence-electron chi connectivity index (χ0n) is 10.9. The van der Waals surface area contributed by atoms with Crippen LogP contribution in [0, 0.1) is 6.92 Å². The van der Waals surface area contributed by atoms with Crippen molar-refractivity contribution in [3.8, 4) is 0 Å². The number of aryl methyl sites for hydroxylation is 1. The van der Waals surface area contributed by atoms with Gasteiger partial charge in [-0.1, -0.05) is 11.6 Å². The maximum atomic E-state index is 12.2. The number of hydrogen-bond donors (Lipinski definition) is 2. The van der Waals surface area contributed by atoms with E-state index >= 15 is 0 Å². The van der Waals surface area contributed by atoms with Crippen LogP contribution in [0.4, 0.5) is 11.6 Å². The predicted octanol–water partition coefficient (Wildman–Crippen LogP) is 3.49. The van der Waals surface area contributed by atoms with Gasteiger partial charge in [0.05, 0.1) is 0 Å². The zero-order chi connectivity index (χ0) is 14.7. The quantitative estimate of drug-likeness (QED) is 0.827. The van der Waals surface area contributed by atoms with Crippen molar-refractivity contribution in [2.24, 2.45) is 0 Å². The van der Waals surface area contributed by atoms with E-state index in [0.29, 0.717) is 17.2 Å². The number of carbonyl (C=O) groups excluding carboxylic acids is 1. The van der Waals surface area contributed by atoms with Crippen LogP contribution in [0.3, 0.4) is 0 Å². The highest BCUT2D eigenvalue weighted by molar-refractivity contribution is 9.10. The van der Waals surface area contributed by atoms with Gasteiger partial charge in [0.25, 0.3) is 5.91 Å². The molecular formula is C13H12BrClN4O. The molecule has 0 saturated carbocycles. The van der Waals surface area contributed by atoms with E-state index in [0.717, 1.165) is 10.0 Å². The van der Waals surface area contributed by atoms with Gasteiger partial charge in [0.2, 0.25) is 0 Å². The molecule has 2 aromatic heterocycles. The summed E-state index contributed by atoms with van der Waals surface area (Å²) >= 11 is 9.23. The maximum Gasteiger partial charge on any atom is 0.257 e. The summed E-state index contributed by atoms with van der Waals surface area (Å²) in [6, 6.07) is 4.90. The SMILES string of the molecule is CNc1cc(C(=O)Nc2cc(C)c(Br)cn2)cc(Cl)n1. The first-order valence-electron chi connectivity index (χ1n) is 5.78. The fraction of sp³-hybridized carbons (Fsp3) is 0.154. The summed E-state index contributed by atoms with van der Waals surface area (Å²) in [7, 11) is 1.71. The first-order chi connectivity index (χ1) is 9.49. The lowest BCUT2D eigenvalue weighted by molar-refractivity contribution is 0.102. The third-order valence-electron chi connectivity index (χ3n) is 2.60. The standard InChI is InChI=1S/C13H12BrClN4O/c1-7-3-12(17-6-9(7)14)19-13(20)8-4-10(15)18-11(5-8)16-2/h3-6H,1-2H3,(H,16,18)(H,17,19,20). The van der Waals surface area contributed by atoms with Crippen molar-refractivity contribution in [3.05, 3.63) is 45.1 Å². The van der Waals surface area contributed by atoms with Crippen LogP contribution < -0.4 is 10.6 Å². The molecule has 2 N–H and O–H groups in total. The van der Waals surface area contributed by atoms with Gasteiger partial charge < -0.3 is 10.6 Å². The monoisotopic (exact) mass is 354 g/mol. The molecular weight excluding hydrogens is 344 g/mol. The Morgan fingerprint density at radius 3 is 2.70 bits per heavy atom. The zero-order valence-corrected chi connectivity index (χ0v) is 13.2. The van der Waals surface area contributed by atoms with E-state index in [1.54, 1.807) is 25.4 Å². The minimum absolute atomic E-state index is 0.252. The molecule has 0 aromatic carbocycles. The van der Waals surface area contributed by atoms with Crippen molar-refractivity contribution >= 4 is 45.1 Å². The summed E-state index contributed by atoms with van der Waals surface area (Å²) in [6.45, 7) is 1.92. The highest BCUT2D eigenvalue weighted by Crippen LogP contribution is 2.19. The van der Waals surface area contributed by atoms with Crippen LogP contribution in [0.15, 0.2) is 28.9 Å². The van der Waals surface area contributed by atoms with E-state index in [4.69, 9.17) is 11.6 Å². The molecule has 0 spiro atoms. The van der Waals surface area contributed by atoms with Crippen molar-refractivity contribution in [1.82, 2.24) is 9.97 Å². The molecule has 2 aromatic rings. The largest absolute Gasteiger partial charge is 0.373 e. The van der Waals surface area contributed by atoms with Gasteiger partial charge in [-0.25, -0.2) is 9.97 Å². The number of halogens is 2. The number of nitrogens with zero attached hydrogens (tertiary/aromatic N) is 2. The molecule has 0 bridgehead atoms. The summed E-state index contributed by atoms with van der Waals surface area (Å²) in [5.74, 6) is 0.720. The summed E-state index contributed by atoms with van der Waals surface area (Å²) in [4.78, 5) is 20.3. The number of nitrogens with one attached hydrogen (secondary N) is 2. The number of pyridine rings is 2. The van der Waals surface area contributed by atoms with Crippen LogP contribution in [0.5, 0.6) is 0 Å². The molecule has 0 atom stereocenters. The molecule has 5 nitrogen and oxygen atoms in total. The second-order valence-electron chi connectivity index (χ2n) is 4.09. The van der Waals surface area contributed by atoms with E-state index < -0.39 is 0 Å². The molecule has 104 valence electrons. The molecule has 2 heterocycles. The normalized spacial score (nSPS) is 10.2. The number of anilines is 2. The molecule has 0 aliphatic rings. The highest BCUT2D eigenvalue weighted by Gasteiger charge is 2.10. The Labute approximate surface area is 129 Å². The van der Waals surface area contributed by atoms with E-state index in [-0.39, 0.29) is 11.1 Å². The second kappa shape index (κ2) is 6.19. The minimum atomic E-state index is -0.292.